The van der Waals surface area contributed by atoms with Crippen LogP contribution in [0.5, 0.6) is 0 Å². The zero-order valence-electron chi connectivity index (χ0n) is 21.1. The number of hydrogen-bond acceptors (Lipinski definition) is 8. The zero-order valence-corrected chi connectivity index (χ0v) is 21.1. The molecule has 9 heteroatoms. The van der Waals surface area contributed by atoms with Crippen LogP contribution >= 0.6 is 0 Å². The minimum atomic E-state index is -0.510. The molecule has 34 heavy (non-hydrogen) atoms. The topological polar surface area (TPSA) is 102 Å². The Morgan fingerprint density at radius 2 is 1.47 bits per heavy atom. The third-order valence-corrected chi connectivity index (χ3v) is 4.19. The fourth-order valence-electron chi connectivity index (χ4n) is 2.57. The van der Waals surface area contributed by atoms with Gasteiger partial charge in [0.2, 0.25) is 0 Å². The van der Waals surface area contributed by atoms with Gasteiger partial charge in [0.15, 0.2) is 0 Å². The summed E-state index contributed by atoms with van der Waals surface area (Å²) >= 11 is 0. The van der Waals surface area contributed by atoms with Crippen molar-refractivity contribution in [3.63, 3.8) is 0 Å². The van der Waals surface area contributed by atoms with Gasteiger partial charge in [-0.15, -0.1) is 0 Å². The second-order valence-corrected chi connectivity index (χ2v) is 8.51. The number of rotatable bonds is 18. The summed E-state index contributed by atoms with van der Waals surface area (Å²) in [6, 6.07) is 7.27. The Bertz CT molecular complexity index is 690. The summed E-state index contributed by atoms with van der Waals surface area (Å²) in [5.41, 5.74) is 0.937. The molecule has 0 heterocycles. The first-order valence-corrected chi connectivity index (χ1v) is 11.9. The molecule has 0 atom stereocenters. The lowest BCUT2D eigenvalue weighted by Crippen LogP contribution is -2.34. The van der Waals surface area contributed by atoms with Gasteiger partial charge in [0.05, 0.1) is 65.0 Å². The van der Waals surface area contributed by atoms with E-state index in [1.54, 1.807) is 12.1 Å². The average molecular weight is 484 g/mol. The molecule has 0 saturated heterocycles. The quantitative estimate of drug-likeness (QED) is 0.249. The van der Waals surface area contributed by atoms with Crippen LogP contribution in [0, 0.1) is 0 Å². The van der Waals surface area contributed by atoms with Crippen molar-refractivity contribution < 1.29 is 38.0 Å². The molecule has 1 rings (SSSR count). The summed E-state index contributed by atoms with van der Waals surface area (Å²) in [7, 11) is 0. The summed E-state index contributed by atoms with van der Waals surface area (Å²) in [6.45, 7) is 11.8. The standard InChI is InChI=1S/C25H41NO8/c1-5-6-11-33-23(27)22-9-7-8-21(19-22)20-32-18-17-31-16-15-30-14-13-29-12-10-26-24(28)34-25(2,3)4/h7-9,19H,5-6,10-18,20H2,1-4H3,(H,26,28). The fourth-order valence-corrected chi connectivity index (χ4v) is 2.57. The Balaban J connectivity index is 1.94. The lowest BCUT2D eigenvalue weighted by Gasteiger charge is -2.19. The van der Waals surface area contributed by atoms with Gasteiger partial charge in [-0.3, -0.25) is 0 Å². The van der Waals surface area contributed by atoms with Gasteiger partial charge in [-0.2, -0.15) is 0 Å². The average Bonchev–Trinajstić information content (AvgIpc) is 2.78. The molecule has 0 unspecified atom stereocenters. The highest BCUT2D eigenvalue weighted by molar-refractivity contribution is 5.89. The number of carbonyl (C=O) groups is 2. The van der Waals surface area contributed by atoms with Crippen molar-refractivity contribution in [3.05, 3.63) is 35.4 Å². The highest BCUT2D eigenvalue weighted by atomic mass is 16.6. The fraction of sp³-hybridized carbons (Fsp3) is 0.680. The Morgan fingerprint density at radius 1 is 0.853 bits per heavy atom. The number of unbranched alkanes of at least 4 members (excludes halogenated alkanes) is 1. The van der Waals surface area contributed by atoms with Gasteiger partial charge in [-0.1, -0.05) is 25.5 Å². The van der Waals surface area contributed by atoms with Crippen molar-refractivity contribution in [2.45, 2.75) is 52.7 Å². The molecule has 1 N–H and O–H groups in total. The first-order chi connectivity index (χ1) is 16.3. The summed E-state index contributed by atoms with van der Waals surface area (Å²) in [5.74, 6) is -0.304. The highest BCUT2D eigenvalue weighted by Gasteiger charge is 2.15. The Labute approximate surface area is 203 Å². The maximum Gasteiger partial charge on any atom is 0.407 e. The van der Waals surface area contributed by atoms with Gasteiger partial charge in [0.25, 0.3) is 0 Å². The maximum absolute atomic E-state index is 12.0. The van der Waals surface area contributed by atoms with Gasteiger partial charge in [-0.25, -0.2) is 9.59 Å². The summed E-state index contributed by atoms with van der Waals surface area (Å²) < 4.78 is 32.2. The van der Waals surface area contributed by atoms with E-state index in [-0.39, 0.29) is 5.97 Å². The second kappa shape index (κ2) is 18.2. The van der Waals surface area contributed by atoms with E-state index in [9.17, 15) is 9.59 Å². The zero-order chi connectivity index (χ0) is 25.1. The maximum atomic E-state index is 12.0. The third kappa shape index (κ3) is 16.4. The van der Waals surface area contributed by atoms with Crippen molar-refractivity contribution in [2.75, 3.05) is 59.4 Å². The van der Waals surface area contributed by atoms with E-state index in [0.29, 0.717) is 71.6 Å². The van der Waals surface area contributed by atoms with Crippen LogP contribution in [0.25, 0.3) is 0 Å². The summed E-state index contributed by atoms with van der Waals surface area (Å²) in [5, 5.41) is 2.62. The Kier molecular flexibility index (Phi) is 15.9. The molecule has 0 aliphatic carbocycles. The molecule has 0 aliphatic rings. The van der Waals surface area contributed by atoms with Gasteiger partial charge in [-0.05, 0) is 44.9 Å². The predicted octanol–water partition coefficient (Wildman–Crippen LogP) is 3.73. The molecule has 0 aromatic heterocycles. The van der Waals surface area contributed by atoms with E-state index in [2.05, 4.69) is 12.2 Å². The largest absolute Gasteiger partial charge is 0.462 e. The first-order valence-electron chi connectivity index (χ1n) is 11.9. The molecule has 194 valence electrons. The molecule has 1 aromatic rings. The normalized spacial score (nSPS) is 11.3. The first kappa shape index (κ1) is 29.8. The van der Waals surface area contributed by atoms with Crippen molar-refractivity contribution in [3.8, 4) is 0 Å². The third-order valence-electron chi connectivity index (χ3n) is 4.19. The minimum absolute atomic E-state index is 0.304. The number of hydrogen-bond donors (Lipinski definition) is 1. The molecule has 0 bridgehead atoms. The van der Waals surface area contributed by atoms with E-state index in [1.165, 1.54) is 0 Å². The number of esters is 1. The lowest BCUT2D eigenvalue weighted by molar-refractivity contribution is -0.00408. The molecule has 9 nitrogen and oxygen atoms in total. The second-order valence-electron chi connectivity index (χ2n) is 8.51. The van der Waals surface area contributed by atoms with Crippen LogP contribution in [0.2, 0.25) is 0 Å². The number of carbonyl (C=O) groups excluding carboxylic acids is 2. The number of alkyl carbamates (subject to hydrolysis) is 1. The van der Waals surface area contributed by atoms with Gasteiger partial charge in [0, 0.05) is 6.54 Å². The number of ether oxygens (including phenoxy) is 6. The van der Waals surface area contributed by atoms with Crippen LogP contribution in [0.15, 0.2) is 24.3 Å². The Morgan fingerprint density at radius 3 is 2.09 bits per heavy atom. The predicted molar refractivity (Wildman–Crippen MR) is 128 cm³/mol. The summed E-state index contributed by atoms with van der Waals surface area (Å²) in [4.78, 5) is 23.5. The molecule has 0 spiro atoms. The van der Waals surface area contributed by atoms with Gasteiger partial charge < -0.3 is 33.7 Å². The molecule has 1 aromatic carbocycles. The van der Waals surface area contributed by atoms with E-state index in [4.69, 9.17) is 28.4 Å². The Hall–Kier alpha value is -2.20. The van der Waals surface area contributed by atoms with Gasteiger partial charge in [0.1, 0.15) is 5.60 Å². The van der Waals surface area contributed by atoms with Crippen LogP contribution in [0.4, 0.5) is 4.79 Å². The number of benzene rings is 1. The lowest BCUT2D eigenvalue weighted by atomic mass is 10.1. The van der Waals surface area contributed by atoms with Crippen molar-refractivity contribution in [1.82, 2.24) is 5.32 Å². The van der Waals surface area contributed by atoms with E-state index in [0.717, 1.165) is 18.4 Å². The molecule has 0 saturated carbocycles. The van der Waals surface area contributed by atoms with Crippen LogP contribution in [-0.2, 0) is 35.0 Å². The monoisotopic (exact) mass is 483 g/mol. The summed E-state index contributed by atoms with van der Waals surface area (Å²) in [6.07, 6.45) is 1.40. The molecule has 0 fully saturated rings. The molecular weight excluding hydrogens is 442 g/mol. The van der Waals surface area contributed by atoms with Crippen molar-refractivity contribution in [2.24, 2.45) is 0 Å². The van der Waals surface area contributed by atoms with Crippen LogP contribution < -0.4 is 5.32 Å². The van der Waals surface area contributed by atoms with Crippen LogP contribution in [0.1, 0.15) is 56.5 Å². The molecule has 1 amide bonds. The smallest absolute Gasteiger partial charge is 0.407 e. The molecule has 0 aliphatic heterocycles. The van der Waals surface area contributed by atoms with E-state index in [1.807, 2.05) is 32.9 Å². The van der Waals surface area contributed by atoms with Crippen LogP contribution in [-0.4, -0.2) is 77.1 Å². The molecule has 0 radical (unpaired) electrons. The van der Waals surface area contributed by atoms with E-state index < -0.39 is 11.7 Å². The van der Waals surface area contributed by atoms with E-state index >= 15 is 0 Å². The van der Waals surface area contributed by atoms with Gasteiger partial charge >= 0.3 is 12.1 Å². The highest BCUT2D eigenvalue weighted by Crippen LogP contribution is 2.09. The van der Waals surface area contributed by atoms with Crippen molar-refractivity contribution in [1.29, 1.82) is 0 Å². The van der Waals surface area contributed by atoms with Crippen LogP contribution in [0.3, 0.4) is 0 Å². The van der Waals surface area contributed by atoms with Crippen molar-refractivity contribution >= 4 is 12.1 Å². The minimum Gasteiger partial charge on any atom is -0.462 e. The number of nitrogens with one attached hydrogen (secondary N) is 1. The SMILES string of the molecule is CCCCOC(=O)c1cccc(COCCOCCOCCOCCNC(=O)OC(C)(C)C)c1. The molecular formula is C25H41NO8. The number of amides is 1.